The van der Waals surface area contributed by atoms with Gasteiger partial charge in [0.05, 0.1) is 6.61 Å². The van der Waals surface area contributed by atoms with E-state index in [0.717, 1.165) is 18.8 Å². The summed E-state index contributed by atoms with van der Waals surface area (Å²) in [5, 5.41) is 3.88. The molecule has 0 bridgehead atoms. The second-order valence-corrected chi connectivity index (χ2v) is 6.19. The topological polar surface area (TPSA) is 21.3 Å². The third-order valence-corrected chi connectivity index (χ3v) is 4.74. The summed E-state index contributed by atoms with van der Waals surface area (Å²) in [7, 11) is 0. The molecule has 0 radical (unpaired) electrons. The van der Waals surface area contributed by atoms with E-state index in [9.17, 15) is 0 Å². The second kappa shape index (κ2) is 5.19. The third kappa shape index (κ3) is 2.34. The molecule has 21 heavy (non-hydrogen) atoms. The SMILES string of the molecule is Cc1ccc2c(c1)C(NC1CCOc3ccccc31)CC2. The highest BCUT2D eigenvalue weighted by atomic mass is 16.5. The molecule has 2 heteroatoms. The van der Waals surface area contributed by atoms with E-state index >= 15 is 0 Å². The first-order valence-electron chi connectivity index (χ1n) is 7.88. The van der Waals surface area contributed by atoms with Gasteiger partial charge in [0.25, 0.3) is 0 Å². The molecule has 2 aliphatic rings. The van der Waals surface area contributed by atoms with Crippen LogP contribution in [0.5, 0.6) is 5.75 Å². The lowest BCUT2D eigenvalue weighted by Crippen LogP contribution is -2.29. The van der Waals surface area contributed by atoms with E-state index in [0.29, 0.717) is 12.1 Å². The first-order valence-corrected chi connectivity index (χ1v) is 7.88. The molecule has 0 saturated carbocycles. The highest BCUT2D eigenvalue weighted by Crippen LogP contribution is 2.37. The van der Waals surface area contributed by atoms with E-state index < -0.39 is 0 Å². The molecule has 1 aliphatic carbocycles. The van der Waals surface area contributed by atoms with Gasteiger partial charge in [-0.25, -0.2) is 0 Å². The van der Waals surface area contributed by atoms with Gasteiger partial charge < -0.3 is 10.1 Å². The van der Waals surface area contributed by atoms with Gasteiger partial charge in [0, 0.05) is 24.1 Å². The van der Waals surface area contributed by atoms with Gasteiger partial charge in [0.15, 0.2) is 0 Å². The Balaban J connectivity index is 1.60. The lowest BCUT2D eigenvalue weighted by Gasteiger charge is -2.29. The number of hydrogen-bond donors (Lipinski definition) is 1. The number of fused-ring (bicyclic) bond motifs is 2. The predicted octanol–water partition coefficient (Wildman–Crippen LogP) is 4.10. The molecule has 4 rings (SSSR count). The van der Waals surface area contributed by atoms with Gasteiger partial charge in [-0.1, -0.05) is 42.0 Å². The molecule has 1 aliphatic heterocycles. The van der Waals surface area contributed by atoms with Crippen molar-refractivity contribution in [2.24, 2.45) is 0 Å². The highest BCUT2D eigenvalue weighted by molar-refractivity contribution is 5.40. The Bertz CT molecular complexity index is 664. The fourth-order valence-electron chi connectivity index (χ4n) is 3.65. The summed E-state index contributed by atoms with van der Waals surface area (Å²) in [5.41, 5.74) is 5.68. The summed E-state index contributed by atoms with van der Waals surface area (Å²) >= 11 is 0. The lowest BCUT2D eigenvalue weighted by atomic mass is 9.98. The number of para-hydroxylation sites is 1. The van der Waals surface area contributed by atoms with Gasteiger partial charge in [0.2, 0.25) is 0 Å². The maximum Gasteiger partial charge on any atom is 0.124 e. The van der Waals surface area contributed by atoms with Gasteiger partial charge >= 0.3 is 0 Å². The van der Waals surface area contributed by atoms with E-state index in [4.69, 9.17) is 4.74 Å². The molecule has 1 heterocycles. The number of benzene rings is 2. The van der Waals surface area contributed by atoms with Crippen molar-refractivity contribution in [2.45, 2.75) is 38.3 Å². The van der Waals surface area contributed by atoms with Gasteiger partial charge in [0.1, 0.15) is 5.75 Å². The molecular weight excluding hydrogens is 258 g/mol. The summed E-state index contributed by atoms with van der Waals surface area (Å²) in [6.07, 6.45) is 3.45. The summed E-state index contributed by atoms with van der Waals surface area (Å²) in [4.78, 5) is 0. The lowest BCUT2D eigenvalue weighted by molar-refractivity contribution is 0.244. The van der Waals surface area contributed by atoms with Crippen LogP contribution >= 0.6 is 0 Å². The number of ether oxygens (including phenoxy) is 1. The van der Waals surface area contributed by atoms with E-state index in [1.165, 1.54) is 35.1 Å². The molecule has 2 aromatic rings. The third-order valence-electron chi connectivity index (χ3n) is 4.74. The van der Waals surface area contributed by atoms with Crippen molar-refractivity contribution in [3.63, 3.8) is 0 Å². The minimum atomic E-state index is 0.409. The smallest absolute Gasteiger partial charge is 0.124 e. The van der Waals surface area contributed by atoms with Gasteiger partial charge in [-0.05, 0) is 37.0 Å². The maximum atomic E-state index is 5.77. The van der Waals surface area contributed by atoms with Crippen LogP contribution in [0.4, 0.5) is 0 Å². The van der Waals surface area contributed by atoms with Crippen molar-refractivity contribution < 1.29 is 4.74 Å². The van der Waals surface area contributed by atoms with E-state index in [-0.39, 0.29) is 0 Å². The standard InChI is InChI=1S/C19H21NO/c1-13-6-7-14-8-9-17(16(14)12-13)20-18-10-11-21-19-5-3-2-4-15(18)19/h2-7,12,17-18,20H,8-11H2,1H3. The van der Waals surface area contributed by atoms with Crippen molar-refractivity contribution in [2.75, 3.05) is 6.61 Å². The monoisotopic (exact) mass is 279 g/mol. The van der Waals surface area contributed by atoms with Crippen molar-refractivity contribution in [1.29, 1.82) is 0 Å². The molecule has 0 amide bonds. The zero-order valence-corrected chi connectivity index (χ0v) is 12.4. The van der Waals surface area contributed by atoms with Crippen molar-refractivity contribution in [3.05, 3.63) is 64.7 Å². The molecule has 2 nitrogen and oxygen atoms in total. The Morgan fingerprint density at radius 3 is 2.81 bits per heavy atom. The Labute approximate surface area is 126 Å². The Hall–Kier alpha value is -1.80. The predicted molar refractivity (Wildman–Crippen MR) is 84.7 cm³/mol. The molecule has 108 valence electrons. The van der Waals surface area contributed by atoms with Crippen LogP contribution in [-0.2, 0) is 6.42 Å². The van der Waals surface area contributed by atoms with Crippen LogP contribution in [0.25, 0.3) is 0 Å². The van der Waals surface area contributed by atoms with Gasteiger partial charge in [-0.15, -0.1) is 0 Å². The Kier molecular flexibility index (Phi) is 3.19. The van der Waals surface area contributed by atoms with Gasteiger partial charge in [-0.3, -0.25) is 0 Å². The van der Waals surface area contributed by atoms with Crippen LogP contribution in [0, 0.1) is 6.92 Å². The van der Waals surface area contributed by atoms with Crippen molar-refractivity contribution >= 4 is 0 Å². The van der Waals surface area contributed by atoms with E-state index in [1.807, 2.05) is 0 Å². The zero-order chi connectivity index (χ0) is 14.2. The summed E-state index contributed by atoms with van der Waals surface area (Å²) in [6, 6.07) is 16.2. The first-order chi connectivity index (χ1) is 10.3. The maximum absolute atomic E-state index is 5.77. The van der Waals surface area contributed by atoms with Crippen molar-refractivity contribution in [3.8, 4) is 5.75 Å². The molecule has 1 N–H and O–H groups in total. The first kappa shape index (κ1) is 12.9. The summed E-state index contributed by atoms with van der Waals surface area (Å²) < 4.78 is 5.77. The van der Waals surface area contributed by atoms with Crippen molar-refractivity contribution in [1.82, 2.24) is 5.32 Å². The number of hydrogen-bond acceptors (Lipinski definition) is 2. The minimum absolute atomic E-state index is 0.409. The molecular formula is C19H21NO. The fraction of sp³-hybridized carbons (Fsp3) is 0.368. The largest absolute Gasteiger partial charge is 0.493 e. The molecule has 0 aromatic heterocycles. The van der Waals surface area contributed by atoms with Gasteiger partial charge in [-0.2, -0.15) is 0 Å². The van der Waals surface area contributed by atoms with Crippen LogP contribution in [-0.4, -0.2) is 6.61 Å². The average molecular weight is 279 g/mol. The van der Waals surface area contributed by atoms with Crippen LogP contribution in [0.2, 0.25) is 0 Å². The van der Waals surface area contributed by atoms with E-state index in [2.05, 4.69) is 54.7 Å². The number of nitrogens with one attached hydrogen (secondary N) is 1. The Morgan fingerprint density at radius 1 is 1.00 bits per heavy atom. The van der Waals surface area contributed by atoms with Crippen LogP contribution in [0.1, 0.15) is 47.2 Å². The second-order valence-electron chi connectivity index (χ2n) is 6.19. The Morgan fingerprint density at radius 2 is 1.86 bits per heavy atom. The van der Waals surface area contributed by atoms with E-state index in [1.54, 1.807) is 0 Å². The van der Waals surface area contributed by atoms with Crippen LogP contribution < -0.4 is 10.1 Å². The molecule has 2 unspecified atom stereocenters. The van der Waals surface area contributed by atoms with Crippen LogP contribution in [0.15, 0.2) is 42.5 Å². The summed E-state index contributed by atoms with van der Waals surface area (Å²) in [6.45, 7) is 2.99. The summed E-state index contributed by atoms with van der Waals surface area (Å²) in [5.74, 6) is 1.05. The number of rotatable bonds is 2. The highest BCUT2D eigenvalue weighted by Gasteiger charge is 2.28. The normalized spacial score (nSPS) is 23.3. The zero-order valence-electron chi connectivity index (χ0n) is 12.4. The number of aryl methyl sites for hydroxylation is 2. The average Bonchev–Trinajstić information content (AvgIpc) is 2.90. The molecule has 0 spiro atoms. The minimum Gasteiger partial charge on any atom is -0.493 e. The van der Waals surface area contributed by atoms with Crippen LogP contribution in [0.3, 0.4) is 0 Å². The molecule has 2 atom stereocenters. The fourth-order valence-corrected chi connectivity index (χ4v) is 3.65. The molecule has 0 fully saturated rings. The molecule has 2 aromatic carbocycles. The molecule has 0 saturated heterocycles. The quantitative estimate of drug-likeness (QED) is 0.893.